The van der Waals surface area contributed by atoms with E-state index in [0.717, 1.165) is 22.6 Å². The van der Waals surface area contributed by atoms with Gasteiger partial charge in [0.1, 0.15) is 0 Å². The van der Waals surface area contributed by atoms with Crippen LogP contribution in [0, 0.1) is 5.92 Å². The van der Waals surface area contributed by atoms with Crippen LogP contribution in [0.15, 0.2) is 22.7 Å². The Labute approximate surface area is 136 Å². The summed E-state index contributed by atoms with van der Waals surface area (Å²) >= 11 is 9.76. The maximum absolute atomic E-state index is 6.08. The fourth-order valence-corrected chi connectivity index (χ4v) is 4.09. The molecule has 4 heteroatoms. The molecule has 1 heterocycles. The average Bonchev–Trinajstić information content (AvgIpc) is 2.41. The molecule has 1 saturated heterocycles. The Morgan fingerprint density at radius 1 is 1.45 bits per heavy atom. The van der Waals surface area contributed by atoms with Crippen molar-refractivity contribution in [2.75, 3.05) is 26.7 Å². The molecule has 2 atom stereocenters. The van der Waals surface area contributed by atoms with Gasteiger partial charge in [-0.15, -0.1) is 0 Å². The van der Waals surface area contributed by atoms with Crippen LogP contribution in [-0.2, 0) is 0 Å². The molecule has 1 N–H and O–H groups in total. The van der Waals surface area contributed by atoms with Gasteiger partial charge < -0.3 is 5.32 Å². The summed E-state index contributed by atoms with van der Waals surface area (Å²) in [4.78, 5) is 2.48. The second-order valence-corrected chi connectivity index (χ2v) is 6.99. The molecule has 1 aliphatic heterocycles. The molecule has 1 aromatic carbocycles. The van der Waals surface area contributed by atoms with Gasteiger partial charge in [0.2, 0.25) is 0 Å². The van der Waals surface area contributed by atoms with Crippen molar-refractivity contribution in [1.29, 1.82) is 0 Å². The first-order valence-corrected chi connectivity index (χ1v) is 8.66. The molecular weight excluding hydrogens is 336 g/mol. The lowest BCUT2D eigenvalue weighted by Crippen LogP contribution is -2.40. The van der Waals surface area contributed by atoms with E-state index < -0.39 is 0 Å². The lowest BCUT2D eigenvalue weighted by molar-refractivity contribution is 0.119. The average molecular weight is 360 g/mol. The van der Waals surface area contributed by atoms with E-state index in [0.29, 0.717) is 12.0 Å². The highest BCUT2D eigenvalue weighted by atomic mass is 79.9. The molecular formula is C16H24BrClN2. The first kappa shape index (κ1) is 16.3. The van der Waals surface area contributed by atoms with E-state index in [-0.39, 0.29) is 0 Å². The maximum Gasteiger partial charge on any atom is 0.0417 e. The van der Waals surface area contributed by atoms with E-state index in [1.165, 1.54) is 31.4 Å². The van der Waals surface area contributed by atoms with Crippen LogP contribution >= 0.6 is 27.5 Å². The number of hydrogen-bond donors (Lipinski definition) is 1. The summed E-state index contributed by atoms with van der Waals surface area (Å²) in [6.07, 6.45) is 3.77. The van der Waals surface area contributed by atoms with Crippen molar-refractivity contribution < 1.29 is 0 Å². The van der Waals surface area contributed by atoms with E-state index in [1.54, 1.807) is 0 Å². The monoisotopic (exact) mass is 358 g/mol. The molecule has 2 unspecified atom stereocenters. The summed E-state index contributed by atoms with van der Waals surface area (Å²) in [6, 6.07) is 6.65. The normalized spacial score (nSPS) is 24.0. The third-order valence-electron chi connectivity index (χ3n) is 4.12. The van der Waals surface area contributed by atoms with E-state index in [1.807, 2.05) is 12.1 Å². The predicted octanol–water partition coefficient (Wildman–Crippen LogP) is 4.49. The highest BCUT2D eigenvalue weighted by molar-refractivity contribution is 9.10. The van der Waals surface area contributed by atoms with Gasteiger partial charge >= 0.3 is 0 Å². The first-order valence-electron chi connectivity index (χ1n) is 7.49. The Morgan fingerprint density at radius 3 is 2.95 bits per heavy atom. The van der Waals surface area contributed by atoms with Crippen LogP contribution in [0.3, 0.4) is 0 Å². The minimum atomic E-state index is 0.472. The number of hydrogen-bond acceptors (Lipinski definition) is 2. The Morgan fingerprint density at radius 2 is 2.25 bits per heavy atom. The molecule has 1 aromatic rings. The van der Waals surface area contributed by atoms with Crippen molar-refractivity contribution in [2.24, 2.45) is 5.92 Å². The predicted molar refractivity (Wildman–Crippen MR) is 90.4 cm³/mol. The number of halogens is 2. The van der Waals surface area contributed by atoms with Crippen LogP contribution in [0.25, 0.3) is 0 Å². The van der Waals surface area contributed by atoms with Gasteiger partial charge in [0.05, 0.1) is 0 Å². The lowest BCUT2D eigenvalue weighted by Gasteiger charge is -2.40. The topological polar surface area (TPSA) is 15.3 Å². The van der Waals surface area contributed by atoms with Gasteiger partial charge in [-0.25, -0.2) is 0 Å². The van der Waals surface area contributed by atoms with Gasteiger partial charge in [0, 0.05) is 15.5 Å². The van der Waals surface area contributed by atoms with Gasteiger partial charge in [-0.05, 0) is 69.6 Å². The summed E-state index contributed by atoms with van der Waals surface area (Å²) in [7, 11) is 2.23. The maximum atomic E-state index is 6.08. The van der Waals surface area contributed by atoms with Crippen LogP contribution < -0.4 is 5.32 Å². The molecule has 0 spiro atoms. The molecule has 1 fully saturated rings. The molecule has 20 heavy (non-hydrogen) atoms. The van der Waals surface area contributed by atoms with Gasteiger partial charge in [-0.2, -0.15) is 0 Å². The molecule has 0 saturated carbocycles. The van der Waals surface area contributed by atoms with E-state index in [2.05, 4.69) is 46.2 Å². The Bertz CT molecular complexity index is 438. The number of likely N-dealkylation sites (tertiary alicyclic amines) is 1. The van der Waals surface area contributed by atoms with Crippen molar-refractivity contribution in [3.8, 4) is 0 Å². The van der Waals surface area contributed by atoms with Crippen molar-refractivity contribution >= 4 is 27.5 Å². The van der Waals surface area contributed by atoms with Crippen molar-refractivity contribution in [2.45, 2.75) is 32.2 Å². The summed E-state index contributed by atoms with van der Waals surface area (Å²) in [5.74, 6) is 0.665. The van der Waals surface area contributed by atoms with Crippen molar-refractivity contribution in [3.05, 3.63) is 33.3 Å². The third-order valence-corrected chi connectivity index (χ3v) is 5.04. The minimum Gasteiger partial charge on any atom is -0.316 e. The SMILES string of the molecule is CCCNCC1CCCN(C)C1c1ccc(Cl)cc1Br. The molecule has 2 rings (SSSR count). The van der Waals surface area contributed by atoms with Crippen LogP contribution in [0.5, 0.6) is 0 Å². The Hall–Kier alpha value is -0.0900. The van der Waals surface area contributed by atoms with Crippen molar-refractivity contribution in [3.63, 3.8) is 0 Å². The summed E-state index contributed by atoms with van der Waals surface area (Å²) in [5.41, 5.74) is 1.36. The van der Waals surface area contributed by atoms with Crippen LogP contribution in [0.1, 0.15) is 37.8 Å². The second-order valence-electron chi connectivity index (χ2n) is 5.70. The van der Waals surface area contributed by atoms with Gasteiger partial charge in [0.25, 0.3) is 0 Å². The largest absolute Gasteiger partial charge is 0.316 e. The Kier molecular flexibility index (Phi) is 6.34. The summed E-state index contributed by atoms with van der Waals surface area (Å²) in [6.45, 7) is 5.59. The molecule has 2 nitrogen and oxygen atoms in total. The first-order chi connectivity index (χ1) is 9.63. The van der Waals surface area contributed by atoms with Gasteiger partial charge in [0.15, 0.2) is 0 Å². The van der Waals surface area contributed by atoms with E-state index >= 15 is 0 Å². The van der Waals surface area contributed by atoms with Crippen LogP contribution in [0.2, 0.25) is 5.02 Å². The molecule has 0 aromatic heterocycles. The second kappa shape index (κ2) is 7.79. The highest BCUT2D eigenvalue weighted by Crippen LogP contribution is 2.38. The number of benzene rings is 1. The van der Waals surface area contributed by atoms with Crippen molar-refractivity contribution in [1.82, 2.24) is 10.2 Å². The van der Waals surface area contributed by atoms with Crippen LogP contribution in [-0.4, -0.2) is 31.6 Å². The fraction of sp³-hybridized carbons (Fsp3) is 0.625. The quantitative estimate of drug-likeness (QED) is 0.779. The molecule has 1 aliphatic rings. The van der Waals surface area contributed by atoms with Crippen LogP contribution in [0.4, 0.5) is 0 Å². The zero-order valence-electron chi connectivity index (χ0n) is 12.3. The zero-order valence-corrected chi connectivity index (χ0v) is 14.7. The van der Waals surface area contributed by atoms with E-state index in [4.69, 9.17) is 11.6 Å². The number of nitrogens with one attached hydrogen (secondary N) is 1. The highest BCUT2D eigenvalue weighted by Gasteiger charge is 2.31. The number of piperidine rings is 1. The van der Waals surface area contributed by atoms with Gasteiger partial charge in [-0.3, -0.25) is 4.90 Å². The molecule has 112 valence electrons. The molecule has 0 aliphatic carbocycles. The summed E-state index contributed by atoms with van der Waals surface area (Å²) in [5, 5.41) is 4.38. The van der Waals surface area contributed by atoms with Gasteiger partial charge in [-0.1, -0.05) is 40.5 Å². The summed E-state index contributed by atoms with van der Waals surface area (Å²) < 4.78 is 1.13. The molecule has 0 radical (unpaired) electrons. The third kappa shape index (κ3) is 3.97. The molecule has 0 amide bonds. The smallest absolute Gasteiger partial charge is 0.0417 e. The van der Waals surface area contributed by atoms with E-state index in [9.17, 15) is 0 Å². The molecule has 0 bridgehead atoms. The fourth-order valence-electron chi connectivity index (χ4n) is 3.17. The standard InChI is InChI=1S/C16H24BrClN2/c1-3-8-19-11-12-5-4-9-20(2)16(12)14-7-6-13(18)10-15(14)17/h6-7,10,12,16,19H,3-5,8-9,11H2,1-2H3. The minimum absolute atomic E-state index is 0.472. The lowest BCUT2D eigenvalue weighted by atomic mass is 9.85. The zero-order chi connectivity index (χ0) is 14.5. The Balaban J connectivity index is 2.18. The number of nitrogens with zero attached hydrogens (tertiary/aromatic N) is 1. The number of rotatable bonds is 5.